The standard InChI is InChI=1S/C53H37N3/c1-5-14-38(15-6-1)40-24-30-46(31-25-40)55(47-32-26-41(27-33-47)39-16-7-2-8-17-39)48-34-28-43(29-35-48)49-23-13-22-45-36-51(44-20-11-4-12-21-44)56-53(52(45)49)50(37-54-56)42-18-9-3-10-19-42/h1-37H. The van der Waals surface area contributed by atoms with Crippen LogP contribution >= 0.6 is 0 Å². The molecule has 0 N–H and O–H groups in total. The molecule has 0 radical (unpaired) electrons. The van der Waals surface area contributed by atoms with E-state index < -0.39 is 0 Å². The van der Waals surface area contributed by atoms with Crippen LogP contribution in [0, 0.1) is 0 Å². The number of rotatable bonds is 8. The van der Waals surface area contributed by atoms with Gasteiger partial charge in [-0.3, -0.25) is 0 Å². The van der Waals surface area contributed by atoms with E-state index in [0.717, 1.165) is 50.5 Å². The van der Waals surface area contributed by atoms with Crippen molar-refractivity contribution < 1.29 is 0 Å². The molecule has 0 saturated carbocycles. The van der Waals surface area contributed by atoms with Gasteiger partial charge in [0, 0.05) is 33.6 Å². The average molecular weight is 716 g/mol. The third kappa shape index (κ3) is 6.12. The Morgan fingerprint density at radius 1 is 0.339 bits per heavy atom. The zero-order valence-corrected chi connectivity index (χ0v) is 30.7. The lowest BCUT2D eigenvalue weighted by molar-refractivity contribution is 0.975. The molecule has 0 atom stereocenters. The minimum absolute atomic E-state index is 1.06. The van der Waals surface area contributed by atoms with Crippen LogP contribution in [-0.2, 0) is 0 Å². The minimum Gasteiger partial charge on any atom is -0.311 e. The second kappa shape index (κ2) is 14.4. The molecular formula is C53H37N3. The first-order valence-corrected chi connectivity index (χ1v) is 19.0. The molecule has 264 valence electrons. The summed E-state index contributed by atoms with van der Waals surface area (Å²) >= 11 is 0. The van der Waals surface area contributed by atoms with Gasteiger partial charge in [-0.2, -0.15) is 5.10 Å². The molecule has 0 saturated heterocycles. The molecule has 10 rings (SSSR count). The summed E-state index contributed by atoms with van der Waals surface area (Å²) in [4.78, 5) is 2.34. The molecule has 2 heterocycles. The van der Waals surface area contributed by atoms with Crippen molar-refractivity contribution in [3.05, 3.63) is 225 Å². The third-order valence-electron chi connectivity index (χ3n) is 10.7. The predicted octanol–water partition coefficient (Wildman–Crippen LogP) is 14.3. The maximum atomic E-state index is 5.02. The maximum Gasteiger partial charge on any atom is 0.0831 e. The van der Waals surface area contributed by atoms with Crippen molar-refractivity contribution in [1.82, 2.24) is 9.61 Å². The summed E-state index contributed by atoms with van der Waals surface area (Å²) in [5.74, 6) is 0. The molecule has 0 aliphatic carbocycles. The van der Waals surface area contributed by atoms with Gasteiger partial charge in [-0.25, -0.2) is 4.52 Å². The van der Waals surface area contributed by atoms with Crippen LogP contribution < -0.4 is 4.90 Å². The van der Waals surface area contributed by atoms with E-state index >= 15 is 0 Å². The van der Waals surface area contributed by atoms with Crippen molar-refractivity contribution in [2.45, 2.75) is 0 Å². The number of benzene rings is 8. The van der Waals surface area contributed by atoms with Crippen molar-refractivity contribution in [1.29, 1.82) is 0 Å². The van der Waals surface area contributed by atoms with Gasteiger partial charge in [0.2, 0.25) is 0 Å². The van der Waals surface area contributed by atoms with E-state index in [2.05, 4.69) is 228 Å². The van der Waals surface area contributed by atoms with Crippen molar-refractivity contribution >= 4 is 33.4 Å². The normalized spacial score (nSPS) is 11.2. The fourth-order valence-electron chi connectivity index (χ4n) is 7.92. The second-order valence-corrected chi connectivity index (χ2v) is 14.1. The molecule has 8 aromatic carbocycles. The number of hydrogen-bond donors (Lipinski definition) is 0. The summed E-state index contributed by atoms with van der Waals surface area (Å²) in [6, 6.07) is 77.9. The van der Waals surface area contributed by atoms with E-state index in [0.29, 0.717) is 0 Å². The van der Waals surface area contributed by atoms with E-state index in [9.17, 15) is 0 Å². The molecule has 0 spiro atoms. The lowest BCUT2D eigenvalue weighted by Crippen LogP contribution is -2.09. The largest absolute Gasteiger partial charge is 0.311 e. The van der Waals surface area contributed by atoms with E-state index in [-0.39, 0.29) is 0 Å². The molecule has 56 heavy (non-hydrogen) atoms. The van der Waals surface area contributed by atoms with E-state index in [1.165, 1.54) is 38.6 Å². The number of fused-ring (bicyclic) bond motifs is 3. The summed E-state index contributed by atoms with van der Waals surface area (Å²) in [6.45, 7) is 0. The Labute approximate surface area is 327 Å². The highest BCUT2D eigenvalue weighted by atomic mass is 15.2. The highest BCUT2D eigenvalue weighted by Gasteiger charge is 2.19. The van der Waals surface area contributed by atoms with Gasteiger partial charge in [-0.1, -0.05) is 176 Å². The quantitative estimate of drug-likeness (QED) is 0.156. The zero-order chi connectivity index (χ0) is 37.3. The molecule has 0 amide bonds. The van der Waals surface area contributed by atoms with Gasteiger partial charge >= 0.3 is 0 Å². The second-order valence-electron chi connectivity index (χ2n) is 14.1. The van der Waals surface area contributed by atoms with Crippen LogP contribution in [0.25, 0.3) is 72.1 Å². The Morgan fingerprint density at radius 3 is 1.25 bits per heavy atom. The molecule has 0 aliphatic heterocycles. The van der Waals surface area contributed by atoms with Crippen molar-refractivity contribution in [3.8, 4) is 55.8 Å². The Balaban J connectivity index is 1.10. The van der Waals surface area contributed by atoms with Crippen LogP contribution in [0.3, 0.4) is 0 Å². The molecule has 0 aliphatic rings. The summed E-state index contributed by atoms with van der Waals surface area (Å²) in [5, 5.41) is 7.38. The Kier molecular flexibility index (Phi) is 8.51. The molecule has 3 heteroatoms. The maximum absolute atomic E-state index is 5.02. The Hall–Kier alpha value is -7.49. The fourth-order valence-corrected chi connectivity index (χ4v) is 7.92. The van der Waals surface area contributed by atoms with Crippen molar-refractivity contribution in [2.24, 2.45) is 0 Å². The summed E-state index contributed by atoms with van der Waals surface area (Å²) in [5.41, 5.74) is 15.9. The monoisotopic (exact) mass is 715 g/mol. The lowest BCUT2D eigenvalue weighted by atomic mass is 9.94. The number of aromatic nitrogens is 2. The Bertz CT molecular complexity index is 2820. The molecular weight excluding hydrogens is 679 g/mol. The zero-order valence-electron chi connectivity index (χ0n) is 30.7. The van der Waals surface area contributed by atoms with Crippen molar-refractivity contribution in [2.75, 3.05) is 4.90 Å². The van der Waals surface area contributed by atoms with Gasteiger partial charge in [0.05, 0.1) is 17.4 Å². The van der Waals surface area contributed by atoms with E-state index in [1.54, 1.807) is 0 Å². The van der Waals surface area contributed by atoms with Crippen LogP contribution in [0.4, 0.5) is 17.1 Å². The third-order valence-corrected chi connectivity index (χ3v) is 10.7. The minimum atomic E-state index is 1.06. The van der Waals surface area contributed by atoms with Gasteiger partial charge in [-0.05, 0) is 86.8 Å². The van der Waals surface area contributed by atoms with E-state index in [4.69, 9.17) is 5.10 Å². The topological polar surface area (TPSA) is 20.5 Å². The first kappa shape index (κ1) is 33.1. The van der Waals surface area contributed by atoms with Gasteiger partial charge in [0.15, 0.2) is 0 Å². The number of hydrogen-bond acceptors (Lipinski definition) is 2. The van der Waals surface area contributed by atoms with Crippen LogP contribution in [0.15, 0.2) is 225 Å². The van der Waals surface area contributed by atoms with Gasteiger partial charge in [0.25, 0.3) is 0 Å². The molecule has 10 aromatic rings. The molecule has 3 nitrogen and oxygen atoms in total. The van der Waals surface area contributed by atoms with Crippen LogP contribution in [0.2, 0.25) is 0 Å². The SMILES string of the molecule is c1ccc(-c2ccc(N(c3ccc(-c4ccccc4)cc3)c3ccc(-c4cccc5cc(-c6ccccc6)n6ncc(-c7ccccc7)c6c45)cc3)cc2)cc1. The smallest absolute Gasteiger partial charge is 0.0831 e. The Morgan fingerprint density at radius 2 is 0.750 bits per heavy atom. The van der Waals surface area contributed by atoms with Gasteiger partial charge in [-0.15, -0.1) is 0 Å². The molecule has 0 fully saturated rings. The first-order valence-electron chi connectivity index (χ1n) is 19.0. The number of anilines is 3. The van der Waals surface area contributed by atoms with Crippen LogP contribution in [0.5, 0.6) is 0 Å². The lowest BCUT2D eigenvalue weighted by Gasteiger charge is -2.26. The van der Waals surface area contributed by atoms with Crippen LogP contribution in [0.1, 0.15) is 0 Å². The fraction of sp³-hybridized carbons (Fsp3) is 0. The first-order chi connectivity index (χ1) is 27.8. The summed E-state index contributed by atoms with van der Waals surface area (Å²) in [6.07, 6.45) is 2.01. The summed E-state index contributed by atoms with van der Waals surface area (Å²) in [7, 11) is 0. The highest BCUT2D eigenvalue weighted by Crippen LogP contribution is 2.42. The molecule has 0 unspecified atom stereocenters. The average Bonchev–Trinajstić information content (AvgIpc) is 3.74. The molecule has 2 aromatic heterocycles. The highest BCUT2D eigenvalue weighted by molar-refractivity contribution is 6.12. The van der Waals surface area contributed by atoms with Gasteiger partial charge in [0.1, 0.15) is 0 Å². The van der Waals surface area contributed by atoms with Crippen molar-refractivity contribution in [3.63, 3.8) is 0 Å². The number of pyridine rings is 1. The molecule has 0 bridgehead atoms. The van der Waals surface area contributed by atoms with Crippen LogP contribution in [-0.4, -0.2) is 9.61 Å². The number of nitrogens with zero attached hydrogens (tertiary/aromatic N) is 3. The van der Waals surface area contributed by atoms with Gasteiger partial charge < -0.3 is 4.90 Å². The summed E-state index contributed by atoms with van der Waals surface area (Å²) < 4.78 is 2.12. The van der Waals surface area contributed by atoms with E-state index in [1.807, 2.05) is 6.20 Å². The predicted molar refractivity (Wildman–Crippen MR) is 235 cm³/mol.